The van der Waals surface area contributed by atoms with E-state index in [1.165, 1.54) is 0 Å². The Hall–Kier alpha value is -1.26. The zero-order chi connectivity index (χ0) is 18.9. The summed E-state index contributed by atoms with van der Waals surface area (Å²) in [7, 11) is 3.48. The molecule has 2 atom stereocenters. The van der Waals surface area contributed by atoms with E-state index in [-0.39, 0.29) is 36.2 Å². The zero-order valence-electron chi connectivity index (χ0n) is 16.8. The third-order valence-electron chi connectivity index (χ3n) is 4.90. The Morgan fingerprint density at radius 2 is 2.07 bits per heavy atom. The predicted molar refractivity (Wildman–Crippen MR) is 120 cm³/mol. The second kappa shape index (κ2) is 12.3. The van der Waals surface area contributed by atoms with Crippen molar-refractivity contribution in [2.75, 3.05) is 53.6 Å². The quantitative estimate of drug-likeness (QED) is 0.266. The van der Waals surface area contributed by atoms with Crippen molar-refractivity contribution in [3.05, 3.63) is 24.3 Å². The summed E-state index contributed by atoms with van der Waals surface area (Å²) in [5, 5.41) is 3.43. The number of aliphatic imine (C=N–C) groups is 1. The van der Waals surface area contributed by atoms with Gasteiger partial charge in [0, 0.05) is 39.4 Å². The molecule has 0 spiro atoms. The highest BCUT2D eigenvalue weighted by atomic mass is 127. The van der Waals surface area contributed by atoms with Crippen molar-refractivity contribution in [1.29, 1.82) is 0 Å². The number of methoxy groups -OCH3 is 1. The number of halogens is 1. The van der Waals surface area contributed by atoms with Crippen LogP contribution in [0.15, 0.2) is 29.3 Å². The van der Waals surface area contributed by atoms with Crippen LogP contribution in [-0.2, 0) is 9.47 Å². The van der Waals surface area contributed by atoms with Gasteiger partial charge in [-0.2, -0.15) is 0 Å². The van der Waals surface area contributed by atoms with Crippen molar-refractivity contribution in [3.8, 4) is 11.5 Å². The van der Waals surface area contributed by atoms with Gasteiger partial charge in [0.05, 0.1) is 26.4 Å². The third kappa shape index (κ3) is 6.66. The minimum absolute atomic E-state index is 0. The first-order chi connectivity index (χ1) is 13.3. The SMILES string of the molecule is CN=C(NCCCOc1cccc(OC)c1)N1CCOC(C2CCCO2)C1.I. The summed E-state index contributed by atoms with van der Waals surface area (Å²) < 4.78 is 22.7. The number of nitrogens with one attached hydrogen (secondary N) is 1. The van der Waals surface area contributed by atoms with Crippen LogP contribution in [0.3, 0.4) is 0 Å². The Balaban J connectivity index is 0.00000280. The Labute approximate surface area is 184 Å². The van der Waals surface area contributed by atoms with Crippen LogP contribution in [-0.4, -0.2) is 76.7 Å². The van der Waals surface area contributed by atoms with Crippen LogP contribution in [0.25, 0.3) is 0 Å². The zero-order valence-corrected chi connectivity index (χ0v) is 19.1. The summed E-state index contributed by atoms with van der Waals surface area (Å²) in [6.45, 7) is 4.68. The normalized spacial score (nSPS) is 22.5. The summed E-state index contributed by atoms with van der Waals surface area (Å²) in [6, 6.07) is 7.67. The van der Waals surface area contributed by atoms with E-state index < -0.39 is 0 Å². The highest BCUT2D eigenvalue weighted by molar-refractivity contribution is 14.0. The number of hydrogen-bond donors (Lipinski definition) is 1. The number of rotatable bonds is 7. The summed E-state index contributed by atoms with van der Waals surface area (Å²) in [5.74, 6) is 2.55. The van der Waals surface area contributed by atoms with Gasteiger partial charge in [0.1, 0.15) is 17.6 Å². The van der Waals surface area contributed by atoms with Gasteiger partial charge in [0.25, 0.3) is 0 Å². The molecule has 1 aromatic carbocycles. The van der Waals surface area contributed by atoms with Gasteiger partial charge in [0.2, 0.25) is 0 Å². The molecule has 1 aromatic rings. The molecule has 0 radical (unpaired) electrons. The Bertz CT molecular complexity index is 611. The lowest BCUT2D eigenvalue weighted by Gasteiger charge is -2.37. The lowest BCUT2D eigenvalue weighted by Crippen LogP contribution is -2.53. The molecular formula is C20H32IN3O4. The van der Waals surface area contributed by atoms with E-state index in [0.29, 0.717) is 13.2 Å². The lowest BCUT2D eigenvalue weighted by atomic mass is 10.1. The highest BCUT2D eigenvalue weighted by Crippen LogP contribution is 2.21. The highest BCUT2D eigenvalue weighted by Gasteiger charge is 2.32. The van der Waals surface area contributed by atoms with Gasteiger partial charge in [-0.3, -0.25) is 4.99 Å². The first-order valence-corrected chi connectivity index (χ1v) is 9.76. The van der Waals surface area contributed by atoms with Crippen molar-refractivity contribution in [1.82, 2.24) is 10.2 Å². The van der Waals surface area contributed by atoms with Gasteiger partial charge in [-0.25, -0.2) is 0 Å². The van der Waals surface area contributed by atoms with Gasteiger partial charge in [0.15, 0.2) is 5.96 Å². The summed E-state index contributed by atoms with van der Waals surface area (Å²) in [5.41, 5.74) is 0. The molecule has 0 aromatic heterocycles. The van der Waals surface area contributed by atoms with E-state index >= 15 is 0 Å². The topological polar surface area (TPSA) is 64.6 Å². The van der Waals surface area contributed by atoms with Crippen molar-refractivity contribution in [2.45, 2.75) is 31.5 Å². The van der Waals surface area contributed by atoms with Crippen molar-refractivity contribution in [2.24, 2.45) is 4.99 Å². The minimum Gasteiger partial charge on any atom is -0.497 e. The van der Waals surface area contributed by atoms with Gasteiger partial charge in [-0.1, -0.05) is 6.07 Å². The van der Waals surface area contributed by atoms with Crippen LogP contribution in [0.5, 0.6) is 11.5 Å². The van der Waals surface area contributed by atoms with Crippen LogP contribution >= 0.6 is 24.0 Å². The van der Waals surface area contributed by atoms with Crippen LogP contribution in [0.2, 0.25) is 0 Å². The van der Waals surface area contributed by atoms with E-state index in [1.807, 2.05) is 31.3 Å². The largest absolute Gasteiger partial charge is 0.497 e. The van der Waals surface area contributed by atoms with Crippen LogP contribution < -0.4 is 14.8 Å². The fourth-order valence-electron chi connectivity index (χ4n) is 3.47. The molecule has 0 bridgehead atoms. The van der Waals surface area contributed by atoms with Gasteiger partial charge >= 0.3 is 0 Å². The van der Waals surface area contributed by atoms with Gasteiger partial charge < -0.3 is 29.2 Å². The van der Waals surface area contributed by atoms with Crippen molar-refractivity contribution in [3.63, 3.8) is 0 Å². The maximum absolute atomic E-state index is 5.92. The first kappa shape index (κ1) is 23.0. The summed E-state index contributed by atoms with van der Waals surface area (Å²) >= 11 is 0. The Morgan fingerprint density at radius 1 is 1.25 bits per heavy atom. The third-order valence-corrected chi connectivity index (χ3v) is 4.90. The molecule has 0 saturated carbocycles. The van der Waals surface area contributed by atoms with E-state index in [9.17, 15) is 0 Å². The van der Waals surface area contributed by atoms with Crippen LogP contribution in [0, 0.1) is 0 Å². The molecule has 2 aliphatic heterocycles. The average molecular weight is 505 g/mol. The molecule has 28 heavy (non-hydrogen) atoms. The van der Waals surface area contributed by atoms with E-state index in [4.69, 9.17) is 18.9 Å². The maximum Gasteiger partial charge on any atom is 0.193 e. The Kier molecular flexibility index (Phi) is 10.1. The molecule has 8 heteroatoms. The fourth-order valence-corrected chi connectivity index (χ4v) is 3.47. The predicted octanol–water partition coefficient (Wildman–Crippen LogP) is 2.54. The van der Waals surface area contributed by atoms with E-state index in [2.05, 4.69) is 15.2 Å². The van der Waals surface area contributed by atoms with Crippen LogP contribution in [0.1, 0.15) is 19.3 Å². The smallest absolute Gasteiger partial charge is 0.193 e. The molecule has 2 aliphatic rings. The molecule has 0 aliphatic carbocycles. The number of benzene rings is 1. The molecule has 7 nitrogen and oxygen atoms in total. The number of nitrogens with zero attached hydrogens (tertiary/aromatic N) is 2. The molecular weight excluding hydrogens is 473 g/mol. The molecule has 0 amide bonds. The van der Waals surface area contributed by atoms with Gasteiger partial charge in [-0.15, -0.1) is 24.0 Å². The molecule has 3 rings (SSSR count). The first-order valence-electron chi connectivity index (χ1n) is 9.76. The number of ether oxygens (including phenoxy) is 4. The Morgan fingerprint density at radius 3 is 2.82 bits per heavy atom. The summed E-state index contributed by atoms with van der Waals surface area (Å²) in [4.78, 5) is 6.69. The van der Waals surface area contributed by atoms with Crippen molar-refractivity contribution < 1.29 is 18.9 Å². The fraction of sp³-hybridized carbons (Fsp3) is 0.650. The van der Waals surface area contributed by atoms with Gasteiger partial charge in [-0.05, 0) is 31.4 Å². The number of hydrogen-bond acceptors (Lipinski definition) is 5. The van der Waals surface area contributed by atoms with Crippen LogP contribution in [0.4, 0.5) is 0 Å². The van der Waals surface area contributed by atoms with Crippen molar-refractivity contribution >= 4 is 29.9 Å². The summed E-state index contributed by atoms with van der Waals surface area (Å²) in [6.07, 6.45) is 3.46. The minimum atomic E-state index is 0. The van der Waals surface area contributed by atoms with E-state index in [1.54, 1.807) is 7.11 Å². The van der Waals surface area contributed by atoms with E-state index in [0.717, 1.165) is 63.0 Å². The molecule has 2 heterocycles. The monoisotopic (exact) mass is 505 g/mol. The number of guanidine groups is 1. The molecule has 1 N–H and O–H groups in total. The second-order valence-corrected chi connectivity index (χ2v) is 6.76. The molecule has 158 valence electrons. The molecule has 2 fully saturated rings. The lowest BCUT2D eigenvalue weighted by molar-refractivity contribution is -0.0816. The standard InChI is InChI=1S/C20H31N3O4.HI/c1-21-20(23-10-13-27-19(15-23)18-8-4-11-26-18)22-9-5-12-25-17-7-3-6-16(14-17)24-2;/h3,6-7,14,18-19H,4-5,8-13,15H2,1-2H3,(H,21,22);1H. The average Bonchev–Trinajstić information content (AvgIpc) is 3.26. The maximum atomic E-state index is 5.92. The number of morpholine rings is 1. The molecule has 2 saturated heterocycles. The second-order valence-electron chi connectivity index (χ2n) is 6.76. The molecule has 2 unspecified atom stereocenters.